The topological polar surface area (TPSA) is 40.6 Å². The average Bonchev–Trinajstić information content (AvgIpc) is 2.82. The quantitative estimate of drug-likeness (QED) is 0.499. The predicted octanol–water partition coefficient (Wildman–Crippen LogP) is 4.59. The molecule has 2 amide bonds. The molecular formula is C26H22N2O2. The molecule has 0 saturated carbocycles. The van der Waals surface area contributed by atoms with Crippen LogP contribution in [0.15, 0.2) is 84.9 Å². The van der Waals surface area contributed by atoms with Crippen LogP contribution in [0.2, 0.25) is 0 Å². The molecule has 0 atom stereocenters. The summed E-state index contributed by atoms with van der Waals surface area (Å²) >= 11 is 0. The van der Waals surface area contributed by atoms with E-state index in [1.165, 1.54) is 0 Å². The summed E-state index contributed by atoms with van der Waals surface area (Å²) in [5, 5.41) is 4.07. The van der Waals surface area contributed by atoms with Crippen LogP contribution >= 0.6 is 0 Å². The number of carbonyl (C=O) groups is 2. The number of fused-ring (bicyclic) bond motifs is 2. The second-order valence-electron chi connectivity index (χ2n) is 7.64. The average molecular weight is 394 g/mol. The predicted molar refractivity (Wildman–Crippen MR) is 120 cm³/mol. The molecule has 148 valence electrons. The molecule has 4 aromatic rings. The lowest BCUT2D eigenvalue weighted by Gasteiger charge is -2.35. The lowest BCUT2D eigenvalue weighted by molar-refractivity contribution is 0.0537. The van der Waals surface area contributed by atoms with E-state index in [-0.39, 0.29) is 11.8 Å². The first-order valence-electron chi connectivity index (χ1n) is 10.3. The molecule has 0 N–H and O–H groups in total. The van der Waals surface area contributed by atoms with Gasteiger partial charge in [0.1, 0.15) is 0 Å². The fraction of sp³-hybridized carbons (Fsp3) is 0.154. The molecule has 0 aliphatic carbocycles. The first kappa shape index (κ1) is 18.4. The zero-order chi connectivity index (χ0) is 20.5. The van der Waals surface area contributed by atoms with E-state index in [1.54, 1.807) is 0 Å². The van der Waals surface area contributed by atoms with Crippen LogP contribution in [0, 0.1) is 0 Å². The van der Waals surface area contributed by atoms with Gasteiger partial charge in [-0.05, 0) is 33.7 Å². The Balaban J connectivity index is 1.33. The van der Waals surface area contributed by atoms with E-state index in [0.717, 1.165) is 32.7 Å². The number of rotatable bonds is 2. The van der Waals surface area contributed by atoms with Crippen LogP contribution in [0.5, 0.6) is 0 Å². The number of nitrogens with zero attached hydrogens (tertiary/aromatic N) is 2. The molecule has 0 bridgehead atoms. The zero-order valence-corrected chi connectivity index (χ0v) is 16.6. The Morgan fingerprint density at radius 1 is 0.500 bits per heavy atom. The maximum atomic E-state index is 13.2. The molecule has 0 unspecified atom stereocenters. The van der Waals surface area contributed by atoms with E-state index in [0.29, 0.717) is 26.2 Å². The van der Waals surface area contributed by atoms with Crippen LogP contribution in [0.1, 0.15) is 20.7 Å². The highest BCUT2D eigenvalue weighted by Crippen LogP contribution is 2.23. The van der Waals surface area contributed by atoms with Gasteiger partial charge >= 0.3 is 0 Å². The Hall–Kier alpha value is -3.66. The van der Waals surface area contributed by atoms with Crippen LogP contribution in [0.25, 0.3) is 21.5 Å². The Kier molecular flexibility index (Phi) is 4.68. The fourth-order valence-electron chi connectivity index (χ4n) is 4.28. The molecule has 1 saturated heterocycles. The van der Waals surface area contributed by atoms with Crippen molar-refractivity contribution in [1.29, 1.82) is 0 Å². The molecule has 0 radical (unpaired) electrons. The molecule has 4 heteroatoms. The molecule has 1 aliphatic heterocycles. The molecule has 0 aromatic heterocycles. The first-order chi connectivity index (χ1) is 14.7. The minimum atomic E-state index is 0.0315. The molecule has 1 heterocycles. The van der Waals surface area contributed by atoms with Crippen molar-refractivity contribution < 1.29 is 9.59 Å². The third-order valence-corrected chi connectivity index (χ3v) is 5.89. The van der Waals surface area contributed by atoms with Gasteiger partial charge in [-0.3, -0.25) is 9.59 Å². The molecule has 4 nitrogen and oxygen atoms in total. The Morgan fingerprint density at radius 2 is 0.867 bits per heavy atom. The number of amides is 2. The summed E-state index contributed by atoms with van der Waals surface area (Å²) in [6, 6.07) is 27.6. The molecule has 1 aliphatic rings. The fourth-order valence-corrected chi connectivity index (χ4v) is 4.28. The van der Waals surface area contributed by atoms with Crippen molar-refractivity contribution in [3.05, 3.63) is 96.1 Å². The third-order valence-electron chi connectivity index (χ3n) is 5.89. The van der Waals surface area contributed by atoms with Gasteiger partial charge < -0.3 is 9.80 Å². The van der Waals surface area contributed by atoms with Crippen molar-refractivity contribution in [3.63, 3.8) is 0 Å². The van der Waals surface area contributed by atoms with E-state index < -0.39 is 0 Å². The monoisotopic (exact) mass is 394 g/mol. The third kappa shape index (κ3) is 3.20. The number of hydrogen-bond donors (Lipinski definition) is 0. The minimum Gasteiger partial charge on any atom is -0.335 e. The number of hydrogen-bond acceptors (Lipinski definition) is 2. The highest BCUT2D eigenvalue weighted by Gasteiger charge is 2.26. The first-order valence-corrected chi connectivity index (χ1v) is 10.3. The van der Waals surface area contributed by atoms with Gasteiger partial charge in [0.05, 0.1) is 0 Å². The maximum absolute atomic E-state index is 13.2. The van der Waals surface area contributed by atoms with Crippen molar-refractivity contribution >= 4 is 33.4 Å². The minimum absolute atomic E-state index is 0.0315. The molecule has 1 fully saturated rings. The SMILES string of the molecule is O=C(c1cccc2ccccc12)N1CCN(C(=O)c2cccc3ccccc23)CC1. The van der Waals surface area contributed by atoms with Crippen LogP contribution in [0.4, 0.5) is 0 Å². The van der Waals surface area contributed by atoms with Crippen LogP contribution in [-0.2, 0) is 0 Å². The van der Waals surface area contributed by atoms with Gasteiger partial charge in [-0.2, -0.15) is 0 Å². The summed E-state index contributed by atoms with van der Waals surface area (Å²) in [4.78, 5) is 30.0. The Morgan fingerprint density at radius 3 is 1.30 bits per heavy atom. The van der Waals surface area contributed by atoms with Gasteiger partial charge in [0.15, 0.2) is 0 Å². The lowest BCUT2D eigenvalue weighted by atomic mass is 10.0. The van der Waals surface area contributed by atoms with E-state index in [9.17, 15) is 9.59 Å². The van der Waals surface area contributed by atoms with Gasteiger partial charge in [-0.1, -0.05) is 72.8 Å². The molecule has 0 spiro atoms. The van der Waals surface area contributed by atoms with Crippen molar-refractivity contribution in [1.82, 2.24) is 9.80 Å². The largest absolute Gasteiger partial charge is 0.335 e. The number of piperazine rings is 1. The van der Waals surface area contributed by atoms with Crippen molar-refractivity contribution in [2.24, 2.45) is 0 Å². The summed E-state index contributed by atoms with van der Waals surface area (Å²) in [5.41, 5.74) is 1.45. The smallest absolute Gasteiger partial charge is 0.254 e. The number of benzene rings is 4. The molecule has 4 aromatic carbocycles. The van der Waals surface area contributed by atoms with Gasteiger partial charge in [0, 0.05) is 37.3 Å². The number of carbonyl (C=O) groups excluding carboxylic acids is 2. The van der Waals surface area contributed by atoms with Crippen molar-refractivity contribution in [2.45, 2.75) is 0 Å². The van der Waals surface area contributed by atoms with Crippen molar-refractivity contribution in [2.75, 3.05) is 26.2 Å². The van der Waals surface area contributed by atoms with Gasteiger partial charge in [0.25, 0.3) is 11.8 Å². The highest BCUT2D eigenvalue weighted by molar-refractivity contribution is 6.08. The van der Waals surface area contributed by atoms with Gasteiger partial charge in [-0.25, -0.2) is 0 Å². The maximum Gasteiger partial charge on any atom is 0.254 e. The summed E-state index contributed by atoms with van der Waals surface area (Å²) < 4.78 is 0. The van der Waals surface area contributed by atoms with Crippen LogP contribution in [0.3, 0.4) is 0 Å². The van der Waals surface area contributed by atoms with E-state index in [4.69, 9.17) is 0 Å². The second kappa shape index (κ2) is 7.64. The summed E-state index contributed by atoms with van der Waals surface area (Å²) in [7, 11) is 0. The zero-order valence-electron chi connectivity index (χ0n) is 16.6. The van der Waals surface area contributed by atoms with Crippen LogP contribution in [-0.4, -0.2) is 47.8 Å². The standard InChI is InChI=1S/C26H22N2O2/c29-25(23-13-5-9-19-7-1-3-11-21(19)23)27-15-17-28(18-16-27)26(30)24-14-6-10-20-8-2-4-12-22(20)24/h1-14H,15-18H2. The molecule has 5 rings (SSSR count). The second-order valence-corrected chi connectivity index (χ2v) is 7.64. The lowest BCUT2D eigenvalue weighted by Crippen LogP contribution is -2.50. The van der Waals surface area contributed by atoms with Crippen LogP contribution < -0.4 is 0 Å². The summed E-state index contributed by atoms with van der Waals surface area (Å²) in [6.07, 6.45) is 0. The summed E-state index contributed by atoms with van der Waals surface area (Å²) in [5.74, 6) is 0.0631. The summed E-state index contributed by atoms with van der Waals surface area (Å²) in [6.45, 7) is 2.16. The highest BCUT2D eigenvalue weighted by atomic mass is 16.2. The molecular weight excluding hydrogens is 372 g/mol. The van der Waals surface area contributed by atoms with Crippen molar-refractivity contribution in [3.8, 4) is 0 Å². The Bertz CT molecular complexity index is 1150. The van der Waals surface area contributed by atoms with Gasteiger partial charge in [-0.15, -0.1) is 0 Å². The van der Waals surface area contributed by atoms with E-state index in [2.05, 4.69) is 0 Å². The van der Waals surface area contributed by atoms with E-state index in [1.807, 2.05) is 94.7 Å². The normalized spacial score (nSPS) is 14.3. The van der Waals surface area contributed by atoms with E-state index >= 15 is 0 Å². The van der Waals surface area contributed by atoms with Gasteiger partial charge in [0.2, 0.25) is 0 Å². The Labute approximate surface area is 175 Å². The molecule has 30 heavy (non-hydrogen) atoms.